The van der Waals surface area contributed by atoms with Crippen LogP contribution in [-0.4, -0.2) is 7.11 Å². The molecule has 2 heteroatoms. The number of hydrogen-bond donors (Lipinski definition) is 1. The van der Waals surface area contributed by atoms with Gasteiger partial charge >= 0.3 is 0 Å². The van der Waals surface area contributed by atoms with Crippen LogP contribution in [0, 0.1) is 0 Å². The summed E-state index contributed by atoms with van der Waals surface area (Å²) < 4.78 is 5.19. The van der Waals surface area contributed by atoms with Crippen LogP contribution in [0.4, 0.5) is 5.69 Å². The summed E-state index contributed by atoms with van der Waals surface area (Å²) in [6.07, 6.45) is 0. The van der Waals surface area contributed by atoms with Crippen molar-refractivity contribution >= 4 is 5.69 Å². The Hall–Kier alpha value is -1.80. The van der Waals surface area contributed by atoms with Crippen molar-refractivity contribution in [3.05, 3.63) is 65.2 Å². The molecule has 0 unspecified atom stereocenters. The van der Waals surface area contributed by atoms with Crippen LogP contribution in [0.5, 0.6) is 0 Å². The molecule has 0 aliphatic heterocycles. The van der Waals surface area contributed by atoms with Crippen LogP contribution in [-0.2, 0) is 23.3 Å². The number of para-hydroxylation sites is 1. The molecule has 0 aliphatic carbocycles. The third-order valence-corrected chi connectivity index (χ3v) is 3.52. The summed E-state index contributed by atoms with van der Waals surface area (Å²) in [4.78, 5) is 0. The number of rotatable bonds is 5. The minimum atomic E-state index is 0.140. The van der Waals surface area contributed by atoms with Crippen molar-refractivity contribution in [3.8, 4) is 0 Å². The molecule has 0 heterocycles. The van der Waals surface area contributed by atoms with E-state index in [2.05, 4.69) is 74.6 Å². The molecule has 112 valence electrons. The molecule has 21 heavy (non-hydrogen) atoms. The molecule has 2 rings (SSSR count). The van der Waals surface area contributed by atoms with Crippen LogP contribution >= 0.6 is 0 Å². The molecule has 0 bridgehead atoms. The van der Waals surface area contributed by atoms with Crippen molar-refractivity contribution < 1.29 is 4.74 Å². The average molecular weight is 283 g/mol. The Bertz CT molecular complexity index is 584. The first kappa shape index (κ1) is 15.6. The van der Waals surface area contributed by atoms with E-state index in [0.717, 1.165) is 6.54 Å². The molecule has 0 saturated carbocycles. The van der Waals surface area contributed by atoms with Gasteiger partial charge in [0.2, 0.25) is 0 Å². The van der Waals surface area contributed by atoms with Gasteiger partial charge in [0.25, 0.3) is 0 Å². The summed E-state index contributed by atoms with van der Waals surface area (Å²) in [7, 11) is 1.73. The van der Waals surface area contributed by atoms with E-state index >= 15 is 0 Å². The molecule has 2 aromatic carbocycles. The Morgan fingerprint density at radius 3 is 2.38 bits per heavy atom. The molecule has 0 fully saturated rings. The maximum atomic E-state index is 5.19. The van der Waals surface area contributed by atoms with Crippen molar-refractivity contribution in [3.63, 3.8) is 0 Å². The fraction of sp³-hybridized carbons (Fsp3) is 0.368. The fourth-order valence-electron chi connectivity index (χ4n) is 2.48. The lowest BCUT2D eigenvalue weighted by Crippen LogP contribution is -2.14. The molecular weight excluding hydrogens is 258 g/mol. The molecule has 1 N–H and O–H groups in total. The summed E-state index contributed by atoms with van der Waals surface area (Å²) in [6.45, 7) is 8.21. The van der Waals surface area contributed by atoms with Crippen molar-refractivity contribution in [2.75, 3.05) is 12.4 Å². The Balaban J connectivity index is 2.12. The zero-order valence-corrected chi connectivity index (χ0v) is 13.4. The van der Waals surface area contributed by atoms with Crippen molar-refractivity contribution in [1.29, 1.82) is 0 Å². The first-order chi connectivity index (χ1) is 10.0. The third-order valence-electron chi connectivity index (χ3n) is 3.52. The lowest BCUT2D eigenvalue weighted by Gasteiger charge is -2.23. The number of hydrogen-bond acceptors (Lipinski definition) is 2. The van der Waals surface area contributed by atoms with Gasteiger partial charge in [-0.1, -0.05) is 63.2 Å². The molecule has 0 aliphatic rings. The Morgan fingerprint density at radius 1 is 0.952 bits per heavy atom. The molecular formula is C19H25NO. The zero-order valence-electron chi connectivity index (χ0n) is 13.4. The summed E-state index contributed by atoms with van der Waals surface area (Å²) in [5.41, 5.74) is 5.18. The van der Waals surface area contributed by atoms with Gasteiger partial charge in [-0.2, -0.15) is 0 Å². The minimum absolute atomic E-state index is 0.140. The highest BCUT2D eigenvalue weighted by atomic mass is 16.5. The summed E-state index contributed by atoms with van der Waals surface area (Å²) in [5, 5.41) is 3.56. The summed E-state index contributed by atoms with van der Waals surface area (Å²) in [6, 6.07) is 17.0. The van der Waals surface area contributed by atoms with Gasteiger partial charge < -0.3 is 10.1 Å². The van der Waals surface area contributed by atoms with Crippen molar-refractivity contribution in [2.24, 2.45) is 0 Å². The Kier molecular flexibility index (Phi) is 5.03. The lowest BCUT2D eigenvalue weighted by molar-refractivity contribution is 0.185. The smallest absolute Gasteiger partial charge is 0.0713 e. The van der Waals surface area contributed by atoms with Crippen LogP contribution in [0.3, 0.4) is 0 Å². The summed E-state index contributed by atoms with van der Waals surface area (Å²) >= 11 is 0. The topological polar surface area (TPSA) is 21.3 Å². The zero-order chi connectivity index (χ0) is 15.3. The maximum Gasteiger partial charge on any atom is 0.0713 e. The van der Waals surface area contributed by atoms with E-state index in [4.69, 9.17) is 4.74 Å². The van der Waals surface area contributed by atoms with Gasteiger partial charge in [-0.05, 0) is 28.2 Å². The second-order valence-electron chi connectivity index (χ2n) is 6.40. The van der Waals surface area contributed by atoms with Crippen LogP contribution in [0.1, 0.15) is 37.5 Å². The molecule has 0 saturated heterocycles. The van der Waals surface area contributed by atoms with Crippen molar-refractivity contribution in [2.45, 2.75) is 39.3 Å². The standard InChI is InChI=1S/C19H25NO/c1-19(2,3)17-10-5-6-11-18(17)20-13-15-8-7-9-16(12-15)14-21-4/h5-12,20H,13-14H2,1-4H3. The quantitative estimate of drug-likeness (QED) is 0.855. The van der Waals surface area contributed by atoms with E-state index in [0.29, 0.717) is 6.61 Å². The molecule has 0 aromatic heterocycles. The van der Waals surface area contributed by atoms with Gasteiger partial charge in [-0.15, -0.1) is 0 Å². The number of benzene rings is 2. The normalized spacial score (nSPS) is 11.4. The monoisotopic (exact) mass is 283 g/mol. The van der Waals surface area contributed by atoms with E-state index in [1.165, 1.54) is 22.4 Å². The van der Waals surface area contributed by atoms with E-state index < -0.39 is 0 Å². The SMILES string of the molecule is COCc1cccc(CNc2ccccc2C(C)(C)C)c1. The highest BCUT2D eigenvalue weighted by molar-refractivity contribution is 5.54. The Labute approximate surface area is 128 Å². The van der Waals surface area contributed by atoms with Gasteiger partial charge in [0, 0.05) is 19.3 Å². The van der Waals surface area contributed by atoms with E-state index in [1.54, 1.807) is 7.11 Å². The first-order valence-electron chi connectivity index (χ1n) is 7.41. The highest BCUT2D eigenvalue weighted by Gasteiger charge is 2.17. The largest absolute Gasteiger partial charge is 0.381 e. The molecule has 0 amide bonds. The molecule has 0 spiro atoms. The van der Waals surface area contributed by atoms with Crippen LogP contribution in [0.25, 0.3) is 0 Å². The highest BCUT2D eigenvalue weighted by Crippen LogP contribution is 2.29. The van der Waals surface area contributed by atoms with E-state index in [-0.39, 0.29) is 5.41 Å². The van der Waals surface area contributed by atoms with Gasteiger partial charge in [0.05, 0.1) is 6.61 Å². The average Bonchev–Trinajstić information content (AvgIpc) is 2.45. The van der Waals surface area contributed by atoms with Crippen LogP contribution < -0.4 is 5.32 Å². The second-order valence-corrected chi connectivity index (χ2v) is 6.40. The summed E-state index contributed by atoms with van der Waals surface area (Å²) in [5.74, 6) is 0. The third kappa shape index (κ3) is 4.33. The second kappa shape index (κ2) is 6.77. The predicted octanol–water partition coefficient (Wildman–Crippen LogP) is 4.74. The minimum Gasteiger partial charge on any atom is -0.381 e. The van der Waals surface area contributed by atoms with Gasteiger partial charge in [-0.25, -0.2) is 0 Å². The molecule has 2 nitrogen and oxygen atoms in total. The predicted molar refractivity (Wildman–Crippen MR) is 89.6 cm³/mol. The van der Waals surface area contributed by atoms with Crippen LogP contribution in [0.15, 0.2) is 48.5 Å². The maximum absolute atomic E-state index is 5.19. The number of anilines is 1. The van der Waals surface area contributed by atoms with Crippen molar-refractivity contribution in [1.82, 2.24) is 0 Å². The van der Waals surface area contributed by atoms with E-state index in [9.17, 15) is 0 Å². The number of nitrogens with one attached hydrogen (secondary N) is 1. The van der Waals surface area contributed by atoms with Crippen LogP contribution in [0.2, 0.25) is 0 Å². The molecule has 2 aromatic rings. The lowest BCUT2D eigenvalue weighted by atomic mass is 9.86. The number of ether oxygens (including phenoxy) is 1. The molecule has 0 atom stereocenters. The van der Waals surface area contributed by atoms with Gasteiger partial charge in [0.15, 0.2) is 0 Å². The van der Waals surface area contributed by atoms with E-state index in [1.807, 2.05) is 0 Å². The van der Waals surface area contributed by atoms with Gasteiger partial charge in [0.1, 0.15) is 0 Å². The molecule has 0 radical (unpaired) electrons. The number of methoxy groups -OCH3 is 1. The Morgan fingerprint density at radius 2 is 1.67 bits per heavy atom. The fourth-order valence-corrected chi connectivity index (χ4v) is 2.48. The van der Waals surface area contributed by atoms with Gasteiger partial charge in [-0.3, -0.25) is 0 Å². The first-order valence-corrected chi connectivity index (χ1v) is 7.41.